The molecule has 1 spiro atoms. The van der Waals surface area contributed by atoms with Gasteiger partial charge < -0.3 is 15.5 Å². The van der Waals surface area contributed by atoms with Gasteiger partial charge in [0.2, 0.25) is 5.91 Å². The molecule has 0 radical (unpaired) electrons. The van der Waals surface area contributed by atoms with Crippen LogP contribution < -0.4 is 5.73 Å². The highest BCUT2D eigenvalue weighted by atomic mass is 32.1. The Morgan fingerprint density at radius 3 is 2.83 bits per heavy atom. The molecule has 2 heterocycles. The average Bonchev–Trinajstić information content (AvgIpc) is 3.54. The maximum atomic E-state index is 13.2. The molecule has 192 valence electrons. The van der Waals surface area contributed by atoms with Crippen molar-refractivity contribution in [1.29, 1.82) is 0 Å². The second-order valence-electron chi connectivity index (χ2n) is 13.0. The molecule has 0 aromatic carbocycles. The third-order valence-electron chi connectivity index (χ3n) is 11.8. The molecule has 1 saturated heterocycles. The van der Waals surface area contributed by atoms with E-state index >= 15 is 0 Å². The van der Waals surface area contributed by atoms with E-state index in [1.807, 2.05) is 22.8 Å². The number of nitrogens with two attached hydrogens (primary N) is 1. The van der Waals surface area contributed by atoms with E-state index in [0.29, 0.717) is 17.3 Å². The third kappa shape index (κ3) is 3.60. The van der Waals surface area contributed by atoms with Crippen LogP contribution in [0.5, 0.6) is 0 Å². The van der Waals surface area contributed by atoms with E-state index in [1.165, 1.54) is 45.1 Å². The minimum atomic E-state index is -0.503. The molecule has 1 aromatic rings. The van der Waals surface area contributed by atoms with Gasteiger partial charge in [-0.1, -0.05) is 18.6 Å². The summed E-state index contributed by atoms with van der Waals surface area (Å²) in [6.45, 7) is 6.39. The van der Waals surface area contributed by atoms with Gasteiger partial charge in [0.15, 0.2) is 0 Å². The van der Waals surface area contributed by atoms with E-state index in [1.54, 1.807) is 16.9 Å². The van der Waals surface area contributed by atoms with Crippen LogP contribution in [0.3, 0.4) is 0 Å². The maximum Gasteiger partial charge on any atom is 0.239 e. The molecule has 4 aliphatic carbocycles. The summed E-state index contributed by atoms with van der Waals surface area (Å²) >= 11 is 1.56. The highest BCUT2D eigenvalue weighted by Crippen LogP contribution is 2.68. The van der Waals surface area contributed by atoms with Gasteiger partial charge in [0.05, 0.1) is 17.2 Å². The topological polar surface area (TPSA) is 62.5 Å². The normalized spacial score (nSPS) is 43.5. The number of fused-ring (bicyclic) bond motifs is 4. The van der Waals surface area contributed by atoms with Gasteiger partial charge in [-0.3, -0.25) is 4.79 Å². The third-order valence-corrected chi connectivity index (χ3v) is 12.4. The summed E-state index contributed by atoms with van der Waals surface area (Å²) in [5.74, 6) is 3.59. The molecule has 4 fully saturated rings. The summed E-state index contributed by atoms with van der Waals surface area (Å²) < 4.78 is 0. The lowest BCUT2D eigenvalue weighted by atomic mass is 9.47. The number of aromatic nitrogens is 1. The summed E-state index contributed by atoms with van der Waals surface area (Å²) in [5.41, 5.74) is 11.6. The predicted molar refractivity (Wildman–Crippen MR) is 142 cm³/mol. The monoisotopic (exact) mass is 496 g/mol. The summed E-state index contributed by atoms with van der Waals surface area (Å²) in [5, 5.41) is 1.99. The van der Waals surface area contributed by atoms with Gasteiger partial charge in [-0.15, -0.1) is 11.3 Å². The zero-order valence-electron chi connectivity index (χ0n) is 22.1. The molecule has 1 amide bonds. The number of nitrogens with zero attached hydrogens (tertiary/aromatic N) is 3. The van der Waals surface area contributed by atoms with E-state index in [-0.39, 0.29) is 11.9 Å². The van der Waals surface area contributed by atoms with Crippen LogP contribution in [-0.2, 0) is 11.2 Å². The molecule has 2 N–H and O–H groups in total. The van der Waals surface area contributed by atoms with Crippen molar-refractivity contribution in [3.8, 4) is 0 Å². The molecule has 0 bridgehead atoms. The molecule has 1 aromatic heterocycles. The number of allylic oxidation sites excluding steroid dienone is 1. The van der Waals surface area contributed by atoms with Crippen molar-refractivity contribution in [2.75, 3.05) is 20.6 Å². The minimum Gasteiger partial charge on any atom is -0.341 e. The molecule has 9 unspecified atom stereocenters. The van der Waals surface area contributed by atoms with Crippen LogP contribution in [0.2, 0.25) is 0 Å². The molecule has 6 heteroatoms. The first kappa shape index (κ1) is 24.1. The fourth-order valence-corrected chi connectivity index (χ4v) is 10.4. The minimum absolute atomic E-state index is 0.0666. The summed E-state index contributed by atoms with van der Waals surface area (Å²) in [7, 11) is 4.34. The Labute approximate surface area is 215 Å². The number of rotatable bonds is 4. The zero-order valence-corrected chi connectivity index (χ0v) is 22.9. The number of amides is 1. The highest BCUT2D eigenvalue weighted by molar-refractivity contribution is 7.07. The van der Waals surface area contributed by atoms with Gasteiger partial charge in [0, 0.05) is 37.5 Å². The molecule has 35 heavy (non-hydrogen) atoms. The van der Waals surface area contributed by atoms with Crippen molar-refractivity contribution < 1.29 is 4.79 Å². The Bertz CT molecular complexity index is 993. The molecule has 1 aliphatic heterocycles. The van der Waals surface area contributed by atoms with Crippen LogP contribution in [0.25, 0.3) is 0 Å². The van der Waals surface area contributed by atoms with Crippen molar-refractivity contribution in [1.82, 2.24) is 14.8 Å². The lowest BCUT2D eigenvalue weighted by Gasteiger charge is -2.58. The van der Waals surface area contributed by atoms with Crippen molar-refractivity contribution in [3.63, 3.8) is 0 Å². The van der Waals surface area contributed by atoms with Crippen LogP contribution in [0.4, 0.5) is 0 Å². The predicted octanol–water partition coefficient (Wildman–Crippen LogP) is 4.73. The summed E-state index contributed by atoms with van der Waals surface area (Å²) in [6.07, 6.45) is 13.5. The van der Waals surface area contributed by atoms with Crippen LogP contribution in [-0.4, -0.2) is 59.5 Å². The van der Waals surface area contributed by atoms with E-state index in [4.69, 9.17) is 5.73 Å². The van der Waals surface area contributed by atoms with Crippen molar-refractivity contribution >= 4 is 17.2 Å². The largest absolute Gasteiger partial charge is 0.341 e. The molecular formula is C29H44N4OS. The molecule has 6 rings (SSSR count). The number of likely N-dealkylation sites (tertiary alicyclic amines) is 1. The fourth-order valence-electron chi connectivity index (χ4n) is 9.87. The highest BCUT2D eigenvalue weighted by Gasteiger charge is 2.64. The van der Waals surface area contributed by atoms with Crippen LogP contribution in [0.1, 0.15) is 70.9 Å². The van der Waals surface area contributed by atoms with Crippen molar-refractivity contribution in [3.05, 3.63) is 28.2 Å². The first-order valence-corrected chi connectivity index (χ1v) is 15.0. The fraction of sp³-hybridized carbons (Fsp3) is 0.793. The Kier molecular flexibility index (Phi) is 5.97. The quantitative estimate of drug-likeness (QED) is 0.612. The first-order chi connectivity index (χ1) is 16.7. The molecule has 9 atom stereocenters. The van der Waals surface area contributed by atoms with Gasteiger partial charge in [-0.05, 0) is 99.8 Å². The molecule has 5 aliphatic rings. The number of carbonyl (C=O) groups excluding carboxylic acids is 1. The molecule has 5 nitrogen and oxygen atoms in total. The van der Waals surface area contributed by atoms with E-state index in [0.717, 1.165) is 48.2 Å². The molecule has 3 saturated carbocycles. The van der Waals surface area contributed by atoms with Gasteiger partial charge >= 0.3 is 0 Å². The number of carbonyl (C=O) groups is 1. The molecular weight excluding hydrogens is 452 g/mol. The summed E-state index contributed by atoms with van der Waals surface area (Å²) in [6, 6.07) is 0.527. The van der Waals surface area contributed by atoms with Gasteiger partial charge in [0.1, 0.15) is 0 Å². The van der Waals surface area contributed by atoms with Crippen LogP contribution >= 0.6 is 11.3 Å². The lowest BCUT2D eigenvalue weighted by molar-refractivity contribution is -0.134. The van der Waals surface area contributed by atoms with Crippen LogP contribution in [0.15, 0.2) is 22.5 Å². The van der Waals surface area contributed by atoms with E-state index in [9.17, 15) is 4.79 Å². The van der Waals surface area contributed by atoms with Crippen LogP contribution in [0, 0.1) is 34.5 Å². The number of hydrogen-bond acceptors (Lipinski definition) is 5. The number of likely N-dealkylation sites (N-methyl/N-ethyl adjacent to an activating group) is 1. The first-order valence-electron chi connectivity index (χ1n) is 14.0. The smallest absolute Gasteiger partial charge is 0.239 e. The van der Waals surface area contributed by atoms with E-state index < -0.39 is 6.04 Å². The SMILES string of the molecule is CC1C2CCC3C4CC=C5CC(N(C)C(=O)C(N)Cc6cscn6)CCC5(C)C4CCC32CN1C. The van der Waals surface area contributed by atoms with Gasteiger partial charge in [0.25, 0.3) is 0 Å². The Morgan fingerprint density at radius 1 is 1.26 bits per heavy atom. The Hall–Kier alpha value is -1.24. The Morgan fingerprint density at radius 2 is 2.06 bits per heavy atom. The van der Waals surface area contributed by atoms with Crippen molar-refractivity contribution in [2.45, 2.75) is 89.8 Å². The standard InChI is InChI=1S/C29H44N4OS/c1-18-23-7-8-25-22-6-5-19-13-21(33(4)27(34)26(30)14-20-15-35-17-31-20)9-11-28(19,2)24(22)10-12-29(23,25)16-32(18)3/h5,15,17-18,21-26H,6-14,16,30H2,1-4H3. The van der Waals surface area contributed by atoms with Crippen molar-refractivity contribution in [2.24, 2.45) is 40.2 Å². The average molecular weight is 497 g/mol. The Balaban J connectivity index is 1.17. The lowest BCUT2D eigenvalue weighted by Crippen LogP contribution is -2.54. The summed E-state index contributed by atoms with van der Waals surface area (Å²) in [4.78, 5) is 22.1. The second kappa shape index (κ2) is 8.66. The van der Waals surface area contributed by atoms with Gasteiger partial charge in [-0.2, -0.15) is 0 Å². The number of hydrogen-bond donors (Lipinski definition) is 1. The second-order valence-corrected chi connectivity index (χ2v) is 13.7. The van der Waals surface area contributed by atoms with Gasteiger partial charge in [-0.25, -0.2) is 4.98 Å². The number of thiazole rings is 1. The zero-order chi connectivity index (χ0) is 24.5. The maximum absolute atomic E-state index is 13.2. The van der Waals surface area contributed by atoms with E-state index in [2.05, 4.69) is 36.9 Å².